The zero-order valence-corrected chi connectivity index (χ0v) is 13.5. The van der Waals surface area contributed by atoms with Gasteiger partial charge in [-0.3, -0.25) is 0 Å². The van der Waals surface area contributed by atoms with Gasteiger partial charge in [-0.25, -0.2) is 0 Å². The molecule has 0 radical (unpaired) electrons. The standard InChI is InChI=1S/C19H30O2/c1-11-9-17-16-5-3-12-10-13(20)4-6-14(12)15(16)7-8-19(17,2)18(11)21/h3,11,13-18,20-21H,4-10H2,1-2H3/t11-,13+,14-,15?,16?,17?,18+,19-/m0/s1. The molecule has 3 saturated carbocycles. The van der Waals surface area contributed by atoms with E-state index in [4.69, 9.17) is 0 Å². The fraction of sp³-hybridized carbons (Fsp3) is 0.895. The Morgan fingerprint density at radius 1 is 1.14 bits per heavy atom. The van der Waals surface area contributed by atoms with Crippen LogP contribution in [0.25, 0.3) is 0 Å². The molecule has 0 amide bonds. The predicted octanol–water partition coefficient (Wildman–Crippen LogP) is 3.53. The summed E-state index contributed by atoms with van der Waals surface area (Å²) in [4.78, 5) is 0. The summed E-state index contributed by atoms with van der Waals surface area (Å²) in [5.41, 5.74) is 1.73. The Bertz CT molecular complexity index is 456. The summed E-state index contributed by atoms with van der Waals surface area (Å²) in [5.74, 6) is 3.54. The van der Waals surface area contributed by atoms with E-state index in [1.807, 2.05) is 0 Å². The van der Waals surface area contributed by atoms with E-state index in [1.54, 1.807) is 5.57 Å². The van der Waals surface area contributed by atoms with Gasteiger partial charge in [0.2, 0.25) is 0 Å². The molecule has 4 aliphatic carbocycles. The van der Waals surface area contributed by atoms with Crippen LogP contribution in [0.15, 0.2) is 11.6 Å². The highest BCUT2D eigenvalue weighted by Gasteiger charge is 2.57. The van der Waals surface area contributed by atoms with Crippen LogP contribution in [0.4, 0.5) is 0 Å². The molecule has 0 aromatic rings. The number of hydrogen-bond acceptors (Lipinski definition) is 2. The molecular formula is C19H30O2. The molecule has 0 aliphatic heterocycles. The summed E-state index contributed by atoms with van der Waals surface area (Å²) in [6.45, 7) is 4.59. The summed E-state index contributed by atoms with van der Waals surface area (Å²) in [6, 6.07) is 0. The number of aliphatic hydroxyl groups is 2. The second-order valence-corrected chi connectivity index (χ2v) is 8.69. The molecule has 4 rings (SSSR count). The maximum atomic E-state index is 10.7. The molecule has 21 heavy (non-hydrogen) atoms. The van der Waals surface area contributed by atoms with E-state index < -0.39 is 0 Å². The van der Waals surface area contributed by atoms with E-state index in [2.05, 4.69) is 19.9 Å². The van der Waals surface area contributed by atoms with Gasteiger partial charge in [0.1, 0.15) is 0 Å². The maximum absolute atomic E-state index is 10.7. The first kappa shape index (κ1) is 14.3. The van der Waals surface area contributed by atoms with E-state index in [1.165, 1.54) is 32.1 Å². The van der Waals surface area contributed by atoms with Crippen molar-refractivity contribution in [2.45, 2.75) is 71.0 Å². The first-order valence-corrected chi connectivity index (χ1v) is 9.05. The SMILES string of the molecule is C[C@H]1CC2C3CC=C4C[C@H](O)CC[C@@H]4C3CC[C@]2(C)[C@@H]1O. The third kappa shape index (κ3) is 1.98. The van der Waals surface area contributed by atoms with E-state index in [0.29, 0.717) is 11.8 Å². The van der Waals surface area contributed by atoms with Crippen molar-refractivity contribution in [1.82, 2.24) is 0 Å². The van der Waals surface area contributed by atoms with Crippen molar-refractivity contribution in [3.05, 3.63) is 11.6 Å². The van der Waals surface area contributed by atoms with Crippen LogP contribution in [0.1, 0.15) is 58.8 Å². The zero-order valence-electron chi connectivity index (χ0n) is 13.5. The van der Waals surface area contributed by atoms with Gasteiger partial charge in [0.15, 0.2) is 0 Å². The molecule has 2 heteroatoms. The topological polar surface area (TPSA) is 40.5 Å². The van der Waals surface area contributed by atoms with Gasteiger partial charge in [0.05, 0.1) is 12.2 Å². The fourth-order valence-corrected chi connectivity index (χ4v) is 6.59. The summed E-state index contributed by atoms with van der Waals surface area (Å²) in [7, 11) is 0. The largest absolute Gasteiger partial charge is 0.393 e. The molecule has 0 aromatic heterocycles. The van der Waals surface area contributed by atoms with Gasteiger partial charge in [-0.05, 0) is 80.0 Å². The third-order valence-electron chi connectivity index (χ3n) is 7.70. The van der Waals surface area contributed by atoms with Crippen molar-refractivity contribution in [2.75, 3.05) is 0 Å². The van der Waals surface area contributed by atoms with Gasteiger partial charge in [-0.15, -0.1) is 0 Å². The highest BCUT2D eigenvalue weighted by atomic mass is 16.3. The molecule has 2 N–H and O–H groups in total. The Labute approximate surface area is 128 Å². The lowest BCUT2D eigenvalue weighted by molar-refractivity contribution is -0.0550. The lowest BCUT2D eigenvalue weighted by Crippen LogP contribution is -2.47. The molecule has 0 aromatic carbocycles. The molecule has 4 aliphatic rings. The molecule has 0 spiro atoms. The fourth-order valence-electron chi connectivity index (χ4n) is 6.59. The van der Waals surface area contributed by atoms with Gasteiger partial charge in [-0.1, -0.05) is 25.5 Å². The van der Waals surface area contributed by atoms with Crippen LogP contribution >= 0.6 is 0 Å². The molecule has 0 saturated heterocycles. The second kappa shape index (κ2) is 4.83. The lowest BCUT2D eigenvalue weighted by Gasteiger charge is -2.53. The first-order chi connectivity index (χ1) is 10.0. The average Bonchev–Trinajstić information content (AvgIpc) is 2.70. The van der Waals surface area contributed by atoms with Crippen molar-refractivity contribution in [2.24, 2.45) is 35.0 Å². The van der Waals surface area contributed by atoms with E-state index in [-0.39, 0.29) is 17.6 Å². The van der Waals surface area contributed by atoms with Crippen LogP contribution in [0, 0.1) is 35.0 Å². The average molecular weight is 290 g/mol. The van der Waals surface area contributed by atoms with Crippen LogP contribution in [0.2, 0.25) is 0 Å². The molecule has 3 fully saturated rings. The number of rotatable bonds is 0. The van der Waals surface area contributed by atoms with Gasteiger partial charge in [0, 0.05) is 0 Å². The molecule has 3 unspecified atom stereocenters. The minimum atomic E-state index is -0.0954. The van der Waals surface area contributed by atoms with Crippen molar-refractivity contribution >= 4 is 0 Å². The summed E-state index contributed by atoms with van der Waals surface area (Å²) in [5, 5.41) is 20.6. The van der Waals surface area contributed by atoms with Crippen LogP contribution in [-0.4, -0.2) is 22.4 Å². The van der Waals surface area contributed by atoms with Gasteiger partial charge < -0.3 is 10.2 Å². The minimum absolute atomic E-state index is 0.0915. The normalized spacial score (nSPS) is 56.2. The number of aliphatic hydroxyl groups excluding tert-OH is 2. The lowest BCUT2D eigenvalue weighted by atomic mass is 9.53. The second-order valence-electron chi connectivity index (χ2n) is 8.69. The summed E-state index contributed by atoms with van der Waals surface area (Å²) in [6.07, 6.45) is 10.3. The number of hydrogen-bond donors (Lipinski definition) is 2. The summed E-state index contributed by atoms with van der Waals surface area (Å²) < 4.78 is 0. The quantitative estimate of drug-likeness (QED) is 0.670. The third-order valence-corrected chi connectivity index (χ3v) is 7.70. The van der Waals surface area contributed by atoms with E-state index in [9.17, 15) is 10.2 Å². The maximum Gasteiger partial charge on any atom is 0.0622 e. The Morgan fingerprint density at radius 3 is 2.76 bits per heavy atom. The van der Waals surface area contributed by atoms with E-state index >= 15 is 0 Å². The smallest absolute Gasteiger partial charge is 0.0622 e. The molecule has 118 valence electrons. The monoisotopic (exact) mass is 290 g/mol. The van der Waals surface area contributed by atoms with Gasteiger partial charge in [0.25, 0.3) is 0 Å². The molecule has 0 bridgehead atoms. The predicted molar refractivity (Wildman–Crippen MR) is 83.6 cm³/mol. The number of allylic oxidation sites excluding steroid dienone is 1. The van der Waals surface area contributed by atoms with Crippen molar-refractivity contribution in [3.63, 3.8) is 0 Å². The van der Waals surface area contributed by atoms with Crippen LogP contribution in [0.5, 0.6) is 0 Å². The molecule has 0 heterocycles. The van der Waals surface area contributed by atoms with Crippen LogP contribution in [-0.2, 0) is 0 Å². The van der Waals surface area contributed by atoms with Gasteiger partial charge in [-0.2, -0.15) is 0 Å². The zero-order chi connectivity index (χ0) is 14.8. The van der Waals surface area contributed by atoms with E-state index in [0.717, 1.165) is 30.6 Å². The summed E-state index contributed by atoms with van der Waals surface area (Å²) >= 11 is 0. The van der Waals surface area contributed by atoms with Crippen molar-refractivity contribution < 1.29 is 10.2 Å². The Morgan fingerprint density at radius 2 is 1.95 bits per heavy atom. The Balaban J connectivity index is 1.63. The molecular weight excluding hydrogens is 260 g/mol. The highest BCUT2D eigenvalue weighted by Crippen LogP contribution is 2.62. The molecule has 2 nitrogen and oxygen atoms in total. The van der Waals surface area contributed by atoms with Crippen molar-refractivity contribution in [1.29, 1.82) is 0 Å². The number of fused-ring (bicyclic) bond motifs is 5. The van der Waals surface area contributed by atoms with Crippen LogP contribution < -0.4 is 0 Å². The van der Waals surface area contributed by atoms with Crippen molar-refractivity contribution in [3.8, 4) is 0 Å². The Hall–Kier alpha value is -0.340. The first-order valence-electron chi connectivity index (χ1n) is 9.05. The minimum Gasteiger partial charge on any atom is -0.393 e. The van der Waals surface area contributed by atoms with Crippen LogP contribution in [0.3, 0.4) is 0 Å². The highest BCUT2D eigenvalue weighted by molar-refractivity contribution is 5.20. The molecule has 8 atom stereocenters. The Kier molecular flexibility index (Phi) is 3.28. The van der Waals surface area contributed by atoms with Gasteiger partial charge >= 0.3 is 0 Å².